The van der Waals surface area contributed by atoms with Crippen molar-refractivity contribution < 1.29 is 32.2 Å². The molecule has 178 valence electrons. The lowest BCUT2D eigenvalue weighted by Gasteiger charge is -2.13. The summed E-state index contributed by atoms with van der Waals surface area (Å²) in [6, 6.07) is 0. The van der Waals surface area contributed by atoms with Crippen LogP contribution in [-0.2, 0) is 29.3 Å². The minimum absolute atomic E-state index is 0.0335. The molecule has 1 rings (SSSR count). The predicted molar refractivity (Wildman–Crippen MR) is 117 cm³/mol. The molecule has 8 nitrogen and oxygen atoms in total. The van der Waals surface area contributed by atoms with Crippen molar-refractivity contribution in [2.45, 2.75) is 108 Å². The molecule has 0 aliphatic carbocycles. The van der Waals surface area contributed by atoms with Crippen molar-refractivity contribution in [2.24, 2.45) is 0 Å². The Morgan fingerprint density at radius 2 is 1.48 bits per heavy atom. The highest BCUT2D eigenvalue weighted by molar-refractivity contribution is 7.87. The van der Waals surface area contributed by atoms with Crippen molar-refractivity contribution in [1.82, 2.24) is 5.06 Å². The molecular formula is C22H37NO7S. The van der Waals surface area contributed by atoms with Crippen LogP contribution in [-0.4, -0.2) is 41.1 Å². The van der Waals surface area contributed by atoms with Crippen molar-refractivity contribution in [2.75, 3.05) is 0 Å². The van der Waals surface area contributed by atoms with Gasteiger partial charge < -0.3 is 4.84 Å². The lowest BCUT2D eigenvalue weighted by atomic mass is 10.1. The summed E-state index contributed by atoms with van der Waals surface area (Å²) in [7, 11) is -4.71. The topological polar surface area (TPSA) is 118 Å². The SMILES string of the molecule is CCCCCCCC/C=C/CCCCCCCC(=O)ON1C(=O)CC(S(=O)(=O)O)C1=O. The zero-order chi connectivity index (χ0) is 23.1. The maximum absolute atomic E-state index is 11.8. The zero-order valence-electron chi connectivity index (χ0n) is 18.6. The number of rotatable bonds is 17. The number of unbranched alkanes of at least 4 members (excludes halogenated alkanes) is 11. The second-order valence-electron chi connectivity index (χ2n) is 8.03. The maximum Gasteiger partial charge on any atom is 0.333 e. The van der Waals surface area contributed by atoms with Crippen LogP contribution in [0.2, 0.25) is 0 Å². The lowest BCUT2D eigenvalue weighted by molar-refractivity contribution is -0.197. The maximum atomic E-state index is 11.8. The molecule has 0 spiro atoms. The fourth-order valence-electron chi connectivity index (χ4n) is 3.40. The van der Waals surface area contributed by atoms with E-state index in [1.807, 2.05) is 0 Å². The lowest BCUT2D eigenvalue weighted by Crippen LogP contribution is -2.36. The van der Waals surface area contributed by atoms with Crippen molar-refractivity contribution in [1.29, 1.82) is 0 Å². The number of imide groups is 1. The Labute approximate surface area is 186 Å². The Balaban J connectivity index is 2.02. The second-order valence-corrected chi connectivity index (χ2v) is 9.63. The van der Waals surface area contributed by atoms with Crippen LogP contribution in [0.15, 0.2) is 12.2 Å². The minimum atomic E-state index is -4.71. The van der Waals surface area contributed by atoms with Crippen LogP contribution in [0.1, 0.15) is 103 Å². The van der Waals surface area contributed by atoms with Gasteiger partial charge in [0.25, 0.3) is 21.9 Å². The van der Waals surface area contributed by atoms with Crippen molar-refractivity contribution in [3.8, 4) is 0 Å². The monoisotopic (exact) mass is 459 g/mol. The van der Waals surface area contributed by atoms with E-state index in [-0.39, 0.29) is 11.5 Å². The summed E-state index contributed by atoms with van der Waals surface area (Å²) in [4.78, 5) is 39.9. The average Bonchev–Trinajstić information content (AvgIpc) is 2.99. The zero-order valence-corrected chi connectivity index (χ0v) is 19.4. The van der Waals surface area contributed by atoms with Gasteiger partial charge in [0.15, 0.2) is 5.25 Å². The van der Waals surface area contributed by atoms with Gasteiger partial charge in [-0.1, -0.05) is 70.4 Å². The first-order chi connectivity index (χ1) is 14.8. The summed E-state index contributed by atoms with van der Waals surface area (Å²) in [5, 5.41) is -1.74. The molecule has 1 unspecified atom stereocenters. The summed E-state index contributed by atoms with van der Waals surface area (Å²) in [5.74, 6) is -2.95. The molecule has 1 heterocycles. The number of allylic oxidation sites excluding steroid dienone is 2. The molecule has 0 radical (unpaired) electrons. The normalized spacial score (nSPS) is 17.1. The third-order valence-electron chi connectivity index (χ3n) is 5.26. The number of hydrogen-bond donors (Lipinski definition) is 1. The van der Waals surface area contributed by atoms with Crippen molar-refractivity contribution in [3.05, 3.63) is 12.2 Å². The molecule has 0 aromatic heterocycles. The first-order valence-electron chi connectivity index (χ1n) is 11.5. The number of hydroxylamine groups is 2. The van der Waals surface area contributed by atoms with E-state index < -0.39 is 39.6 Å². The van der Waals surface area contributed by atoms with Crippen LogP contribution in [0.25, 0.3) is 0 Å². The number of carbonyl (C=O) groups is 3. The highest BCUT2D eigenvalue weighted by atomic mass is 32.2. The van der Waals surface area contributed by atoms with E-state index in [1.165, 1.54) is 38.5 Å². The molecule has 1 aliphatic rings. The molecule has 1 fully saturated rings. The standard InChI is InChI=1S/C22H37NO7S/c1-2-3-4-5-6-7-8-9-10-11-12-13-14-15-16-17-21(25)30-23-20(24)18-19(22(23)26)31(27,28)29/h9-10,19H,2-8,11-18H2,1H3,(H,27,28,29)/b10-9+. The third-order valence-corrected chi connectivity index (χ3v) is 6.34. The van der Waals surface area contributed by atoms with E-state index in [2.05, 4.69) is 19.1 Å². The van der Waals surface area contributed by atoms with E-state index in [0.29, 0.717) is 6.42 Å². The van der Waals surface area contributed by atoms with E-state index in [0.717, 1.165) is 38.5 Å². The van der Waals surface area contributed by atoms with Gasteiger partial charge in [-0.3, -0.25) is 14.1 Å². The predicted octanol–water partition coefficient (Wildman–Crippen LogP) is 4.50. The fraction of sp³-hybridized carbons (Fsp3) is 0.773. The van der Waals surface area contributed by atoms with Crippen LogP contribution in [0, 0.1) is 0 Å². The van der Waals surface area contributed by atoms with Gasteiger partial charge in [0.2, 0.25) is 0 Å². The van der Waals surface area contributed by atoms with Crippen LogP contribution >= 0.6 is 0 Å². The molecular weight excluding hydrogens is 422 g/mol. The van der Waals surface area contributed by atoms with E-state index >= 15 is 0 Å². The van der Waals surface area contributed by atoms with Gasteiger partial charge in [0.1, 0.15) is 0 Å². The smallest absolute Gasteiger partial charge is 0.330 e. The molecule has 31 heavy (non-hydrogen) atoms. The van der Waals surface area contributed by atoms with Gasteiger partial charge >= 0.3 is 5.97 Å². The molecule has 0 aromatic rings. The van der Waals surface area contributed by atoms with E-state index in [1.54, 1.807) is 0 Å². The second kappa shape index (κ2) is 15.1. The van der Waals surface area contributed by atoms with E-state index in [4.69, 9.17) is 9.39 Å². The number of amides is 2. The molecule has 0 aromatic carbocycles. The van der Waals surface area contributed by atoms with Crippen LogP contribution in [0.5, 0.6) is 0 Å². The quantitative estimate of drug-likeness (QED) is 0.147. The highest BCUT2D eigenvalue weighted by Crippen LogP contribution is 2.20. The Hall–Kier alpha value is -1.74. The fourth-order valence-corrected chi connectivity index (χ4v) is 4.10. The number of hydrogen-bond acceptors (Lipinski definition) is 6. The van der Waals surface area contributed by atoms with Gasteiger partial charge in [-0.25, -0.2) is 4.79 Å². The van der Waals surface area contributed by atoms with Crippen molar-refractivity contribution in [3.63, 3.8) is 0 Å². The van der Waals surface area contributed by atoms with E-state index in [9.17, 15) is 22.8 Å². The van der Waals surface area contributed by atoms with Crippen LogP contribution in [0.3, 0.4) is 0 Å². The number of nitrogens with zero attached hydrogens (tertiary/aromatic N) is 1. The van der Waals surface area contributed by atoms with Gasteiger partial charge in [-0.15, -0.1) is 5.06 Å². The summed E-state index contributed by atoms with van der Waals surface area (Å²) in [6.07, 6.45) is 18.5. The molecule has 0 saturated carbocycles. The van der Waals surface area contributed by atoms with Gasteiger partial charge in [-0.2, -0.15) is 8.42 Å². The summed E-state index contributed by atoms with van der Waals surface area (Å²) in [5.41, 5.74) is 0. The van der Waals surface area contributed by atoms with Gasteiger partial charge in [0, 0.05) is 6.42 Å². The van der Waals surface area contributed by atoms with Gasteiger partial charge in [-0.05, 0) is 32.1 Å². The Morgan fingerprint density at radius 1 is 0.968 bits per heavy atom. The number of carbonyl (C=O) groups excluding carboxylic acids is 3. The average molecular weight is 460 g/mol. The summed E-state index contributed by atoms with van der Waals surface area (Å²) >= 11 is 0. The van der Waals surface area contributed by atoms with Crippen LogP contribution < -0.4 is 0 Å². The molecule has 1 saturated heterocycles. The molecule has 0 bridgehead atoms. The first-order valence-corrected chi connectivity index (χ1v) is 13.0. The molecule has 2 amide bonds. The third kappa shape index (κ3) is 11.4. The Kier molecular flexibility index (Phi) is 13.3. The van der Waals surface area contributed by atoms with Gasteiger partial charge in [0.05, 0.1) is 6.42 Å². The molecule has 1 N–H and O–H groups in total. The first kappa shape index (κ1) is 27.3. The molecule has 1 aliphatic heterocycles. The summed E-state index contributed by atoms with van der Waals surface area (Å²) < 4.78 is 31.1. The van der Waals surface area contributed by atoms with Crippen molar-refractivity contribution >= 4 is 27.9 Å². The summed E-state index contributed by atoms with van der Waals surface area (Å²) in [6.45, 7) is 2.23. The van der Waals surface area contributed by atoms with Crippen LogP contribution in [0.4, 0.5) is 0 Å². The Bertz CT molecular complexity index is 703. The highest BCUT2D eigenvalue weighted by Gasteiger charge is 2.48. The minimum Gasteiger partial charge on any atom is -0.330 e. The molecule has 9 heteroatoms. The molecule has 1 atom stereocenters. The largest absolute Gasteiger partial charge is 0.333 e. The Morgan fingerprint density at radius 3 is 2.00 bits per heavy atom.